The standard InChI is InChI=1S/C18H29F2N3O4.2ClH/c19-18(20)3-6-23(10-18)15(24)8-12-7-13-17(26-12)16(25)14(27-13)9-22-11-1-4-21-5-2-11;;/h11-14,16-17,21-22,25H,1-10H2;2*1H/t12-,13+,14+,16+,17-;;/m0../s1. The molecule has 0 unspecified atom stereocenters. The summed E-state index contributed by atoms with van der Waals surface area (Å²) >= 11 is 0. The quantitative estimate of drug-likeness (QED) is 0.559. The lowest BCUT2D eigenvalue weighted by atomic mass is 10.0. The van der Waals surface area contributed by atoms with Crippen molar-refractivity contribution in [2.45, 2.75) is 74.6 Å². The van der Waals surface area contributed by atoms with E-state index < -0.39 is 24.7 Å². The second-order valence-corrected chi connectivity index (χ2v) is 8.22. The zero-order valence-corrected chi connectivity index (χ0v) is 17.9. The van der Waals surface area contributed by atoms with E-state index in [1.807, 2.05) is 0 Å². The topological polar surface area (TPSA) is 83.1 Å². The third-order valence-electron chi connectivity index (χ3n) is 6.15. The molecule has 4 heterocycles. The van der Waals surface area contributed by atoms with E-state index in [0.29, 0.717) is 19.0 Å². The van der Waals surface area contributed by atoms with Gasteiger partial charge in [0, 0.05) is 32.0 Å². The number of amides is 1. The maximum Gasteiger partial charge on any atom is 0.267 e. The van der Waals surface area contributed by atoms with Gasteiger partial charge in [-0.3, -0.25) is 4.79 Å². The van der Waals surface area contributed by atoms with E-state index in [-0.39, 0.29) is 68.4 Å². The number of piperidine rings is 1. The van der Waals surface area contributed by atoms with Crippen molar-refractivity contribution in [3.8, 4) is 0 Å². The lowest BCUT2D eigenvalue weighted by Gasteiger charge is -2.26. The molecule has 0 aliphatic carbocycles. The van der Waals surface area contributed by atoms with Crippen molar-refractivity contribution >= 4 is 30.7 Å². The van der Waals surface area contributed by atoms with Gasteiger partial charge in [0.25, 0.3) is 5.92 Å². The SMILES string of the molecule is Cl.Cl.O=C(C[C@@H]1C[C@H]2O[C@H](CNC3CCNCC3)[C@@H](O)[C@H]2O1)N1CCC(F)(F)C1. The Bertz CT molecular complexity index is 557. The van der Waals surface area contributed by atoms with Crippen LogP contribution in [0.25, 0.3) is 0 Å². The number of alkyl halides is 2. The summed E-state index contributed by atoms with van der Waals surface area (Å²) in [5, 5.41) is 17.3. The summed E-state index contributed by atoms with van der Waals surface area (Å²) in [7, 11) is 0. The molecule has 4 aliphatic heterocycles. The third kappa shape index (κ3) is 5.90. The van der Waals surface area contributed by atoms with Crippen LogP contribution in [0.3, 0.4) is 0 Å². The highest BCUT2D eigenvalue weighted by Gasteiger charge is 2.51. The van der Waals surface area contributed by atoms with E-state index >= 15 is 0 Å². The first-order valence-corrected chi connectivity index (χ1v) is 10.00. The van der Waals surface area contributed by atoms with Crippen LogP contribution in [-0.2, 0) is 14.3 Å². The van der Waals surface area contributed by atoms with Crippen LogP contribution >= 0.6 is 24.8 Å². The first kappa shape index (κ1) is 25.0. The minimum Gasteiger partial charge on any atom is -0.388 e. The molecule has 1 amide bonds. The highest BCUT2D eigenvalue weighted by molar-refractivity contribution is 5.85. The molecular formula is C18H31Cl2F2N3O4. The van der Waals surface area contributed by atoms with E-state index in [9.17, 15) is 18.7 Å². The normalized spacial score (nSPS) is 36.4. The minimum absolute atomic E-state index is 0. The Morgan fingerprint density at radius 1 is 1.24 bits per heavy atom. The summed E-state index contributed by atoms with van der Waals surface area (Å²) in [5.41, 5.74) is 0. The van der Waals surface area contributed by atoms with Crippen LogP contribution < -0.4 is 10.6 Å². The number of carbonyl (C=O) groups excluding carboxylic acids is 1. The van der Waals surface area contributed by atoms with Gasteiger partial charge >= 0.3 is 0 Å². The van der Waals surface area contributed by atoms with Gasteiger partial charge in [0.1, 0.15) is 12.2 Å². The average molecular weight is 462 g/mol. The van der Waals surface area contributed by atoms with Gasteiger partial charge in [-0.25, -0.2) is 8.78 Å². The fourth-order valence-corrected chi connectivity index (χ4v) is 4.59. The minimum atomic E-state index is -2.78. The Hall–Kier alpha value is -0.290. The number of aliphatic hydroxyl groups is 1. The lowest BCUT2D eigenvalue weighted by molar-refractivity contribution is -0.135. The number of carbonyl (C=O) groups is 1. The molecular weight excluding hydrogens is 431 g/mol. The van der Waals surface area contributed by atoms with Gasteiger partial charge in [-0.1, -0.05) is 0 Å². The summed E-state index contributed by atoms with van der Waals surface area (Å²) in [5.74, 6) is -3.09. The highest BCUT2D eigenvalue weighted by atomic mass is 35.5. The summed E-state index contributed by atoms with van der Waals surface area (Å²) < 4.78 is 38.4. The Labute approximate surface area is 182 Å². The van der Waals surface area contributed by atoms with Crippen molar-refractivity contribution in [1.82, 2.24) is 15.5 Å². The van der Waals surface area contributed by atoms with Crippen LogP contribution in [0.4, 0.5) is 8.78 Å². The molecule has 4 saturated heterocycles. The van der Waals surface area contributed by atoms with E-state index in [4.69, 9.17) is 9.47 Å². The average Bonchev–Trinajstić information content (AvgIpc) is 3.28. The van der Waals surface area contributed by atoms with Crippen molar-refractivity contribution < 1.29 is 28.2 Å². The molecule has 3 N–H and O–H groups in total. The molecule has 4 rings (SSSR count). The maximum atomic E-state index is 13.3. The summed E-state index contributed by atoms with van der Waals surface area (Å²) in [6, 6.07) is 0.437. The molecule has 0 spiro atoms. The van der Waals surface area contributed by atoms with E-state index in [1.54, 1.807) is 0 Å². The molecule has 7 nitrogen and oxygen atoms in total. The largest absolute Gasteiger partial charge is 0.388 e. The van der Waals surface area contributed by atoms with Crippen LogP contribution in [0, 0.1) is 0 Å². The number of nitrogens with one attached hydrogen (secondary N) is 2. The highest BCUT2D eigenvalue weighted by Crippen LogP contribution is 2.36. The number of ether oxygens (including phenoxy) is 2. The number of aliphatic hydroxyl groups excluding tert-OH is 1. The molecule has 0 aromatic rings. The van der Waals surface area contributed by atoms with Crippen LogP contribution in [0.2, 0.25) is 0 Å². The predicted molar refractivity (Wildman–Crippen MR) is 107 cm³/mol. The lowest BCUT2D eigenvalue weighted by Crippen LogP contribution is -2.45. The monoisotopic (exact) mass is 461 g/mol. The van der Waals surface area contributed by atoms with Crippen molar-refractivity contribution in [2.75, 3.05) is 32.7 Å². The van der Waals surface area contributed by atoms with Gasteiger partial charge in [-0.05, 0) is 25.9 Å². The Kier molecular flexibility index (Phi) is 8.91. The molecule has 0 radical (unpaired) electrons. The molecule has 0 bridgehead atoms. The van der Waals surface area contributed by atoms with Crippen LogP contribution in [0.1, 0.15) is 32.1 Å². The molecule has 0 aromatic heterocycles. The zero-order valence-electron chi connectivity index (χ0n) is 16.2. The molecule has 0 aromatic carbocycles. The molecule has 4 aliphatic rings. The van der Waals surface area contributed by atoms with Crippen molar-refractivity contribution in [2.24, 2.45) is 0 Å². The van der Waals surface area contributed by atoms with E-state index in [1.165, 1.54) is 4.90 Å². The van der Waals surface area contributed by atoms with E-state index in [0.717, 1.165) is 25.9 Å². The van der Waals surface area contributed by atoms with Crippen LogP contribution in [-0.4, -0.2) is 91.1 Å². The Morgan fingerprint density at radius 3 is 2.59 bits per heavy atom. The molecule has 11 heteroatoms. The molecule has 0 saturated carbocycles. The second-order valence-electron chi connectivity index (χ2n) is 8.22. The van der Waals surface area contributed by atoms with Gasteiger partial charge in [-0.2, -0.15) is 0 Å². The van der Waals surface area contributed by atoms with Gasteiger partial charge in [0.15, 0.2) is 0 Å². The molecule has 170 valence electrons. The Balaban J connectivity index is 0.00000150. The van der Waals surface area contributed by atoms with Gasteiger partial charge in [-0.15, -0.1) is 24.8 Å². The van der Waals surface area contributed by atoms with Crippen LogP contribution in [0.5, 0.6) is 0 Å². The van der Waals surface area contributed by atoms with Crippen LogP contribution in [0.15, 0.2) is 0 Å². The van der Waals surface area contributed by atoms with Crippen molar-refractivity contribution in [3.05, 3.63) is 0 Å². The number of nitrogens with zero attached hydrogens (tertiary/aromatic N) is 1. The zero-order chi connectivity index (χ0) is 19.0. The molecule has 5 atom stereocenters. The van der Waals surface area contributed by atoms with Gasteiger partial charge < -0.3 is 30.1 Å². The summed E-state index contributed by atoms with van der Waals surface area (Å²) in [6.07, 6.45) is 0.318. The predicted octanol–water partition coefficient (Wildman–Crippen LogP) is 0.715. The summed E-state index contributed by atoms with van der Waals surface area (Å²) in [6.45, 7) is 2.16. The first-order valence-electron chi connectivity index (χ1n) is 10.00. The van der Waals surface area contributed by atoms with Gasteiger partial charge in [0.2, 0.25) is 5.91 Å². The second kappa shape index (κ2) is 10.3. The van der Waals surface area contributed by atoms with E-state index in [2.05, 4.69) is 10.6 Å². The number of rotatable bonds is 5. The Morgan fingerprint density at radius 2 is 1.97 bits per heavy atom. The maximum absolute atomic E-state index is 13.3. The van der Waals surface area contributed by atoms with Crippen molar-refractivity contribution in [1.29, 1.82) is 0 Å². The third-order valence-corrected chi connectivity index (χ3v) is 6.15. The number of likely N-dealkylation sites (tertiary alicyclic amines) is 1. The number of halogens is 4. The van der Waals surface area contributed by atoms with Crippen molar-refractivity contribution in [3.63, 3.8) is 0 Å². The molecule has 29 heavy (non-hydrogen) atoms. The number of fused-ring (bicyclic) bond motifs is 1. The first-order chi connectivity index (χ1) is 12.9. The number of hydrogen-bond acceptors (Lipinski definition) is 6. The summed E-state index contributed by atoms with van der Waals surface area (Å²) in [4.78, 5) is 13.4. The smallest absolute Gasteiger partial charge is 0.267 e. The fourth-order valence-electron chi connectivity index (χ4n) is 4.59. The molecule has 4 fully saturated rings. The fraction of sp³-hybridized carbons (Fsp3) is 0.944. The number of hydrogen-bond donors (Lipinski definition) is 3. The van der Waals surface area contributed by atoms with Gasteiger partial charge in [0.05, 0.1) is 31.3 Å².